The summed E-state index contributed by atoms with van der Waals surface area (Å²) in [4.78, 5) is 20.2. The molecule has 0 radical (unpaired) electrons. The Labute approximate surface area is 139 Å². The third-order valence-electron chi connectivity index (χ3n) is 5.89. The zero-order valence-corrected chi connectivity index (χ0v) is 14.1. The third-order valence-corrected chi connectivity index (χ3v) is 5.89. The molecule has 4 nitrogen and oxygen atoms in total. The van der Waals surface area contributed by atoms with Crippen molar-refractivity contribution in [2.24, 2.45) is 5.92 Å². The number of amides is 1. The second-order valence-corrected chi connectivity index (χ2v) is 7.32. The Kier molecular flexibility index (Phi) is 4.02. The average Bonchev–Trinajstić information content (AvgIpc) is 2.61. The zero-order valence-electron chi connectivity index (χ0n) is 14.1. The fourth-order valence-electron chi connectivity index (χ4n) is 4.52. The molecule has 3 aliphatic heterocycles. The number of nitrogens with zero attached hydrogens (tertiary/aromatic N) is 3. The Morgan fingerprint density at radius 2 is 1.83 bits per heavy atom. The Hall–Kier alpha value is -1.55. The number of anilines is 1. The van der Waals surface area contributed by atoms with E-state index in [1.165, 1.54) is 30.5 Å². The van der Waals surface area contributed by atoms with Crippen LogP contribution in [0.5, 0.6) is 0 Å². The van der Waals surface area contributed by atoms with Gasteiger partial charge < -0.3 is 14.7 Å². The first kappa shape index (κ1) is 15.0. The van der Waals surface area contributed by atoms with Gasteiger partial charge in [-0.3, -0.25) is 4.79 Å². The Morgan fingerprint density at radius 1 is 1.04 bits per heavy atom. The highest BCUT2D eigenvalue weighted by atomic mass is 16.2. The first-order chi connectivity index (χ1) is 11.2. The molecule has 1 aromatic carbocycles. The quantitative estimate of drug-likeness (QED) is 0.793. The molecular weight excluding hydrogens is 286 g/mol. The molecule has 0 bridgehead atoms. The molecule has 3 heterocycles. The van der Waals surface area contributed by atoms with Crippen LogP contribution in [0.3, 0.4) is 0 Å². The second kappa shape index (κ2) is 6.16. The van der Waals surface area contributed by atoms with E-state index in [1.807, 2.05) is 0 Å². The maximum atomic E-state index is 13.2. The van der Waals surface area contributed by atoms with Crippen molar-refractivity contribution in [1.82, 2.24) is 9.80 Å². The summed E-state index contributed by atoms with van der Waals surface area (Å²) in [5, 5.41) is 0. The molecule has 0 N–H and O–H groups in total. The molecule has 0 saturated carbocycles. The van der Waals surface area contributed by atoms with Crippen LogP contribution in [-0.4, -0.2) is 61.5 Å². The summed E-state index contributed by atoms with van der Waals surface area (Å²) in [6, 6.07) is 9.10. The standard InChI is InChI=1S/C19H27N3O/c1-20-10-12-21(13-11-20)19(23)16-14-15-6-2-3-7-17(15)22-9-5-4-8-18(16)22/h2-3,6-7,16,18H,4-5,8-14H2,1H3. The van der Waals surface area contributed by atoms with Crippen LogP contribution < -0.4 is 4.90 Å². The maximum absolute atomic E-state index is 13.2. The number of para-hydroxylation sites is 1. The van der Waals surface area contributed by atoms with Gasteiger partial charge in [-0.05, 0) is 44.4 Å². The minimum absolute atomic E-state index is 0.147. The fraction of sp³-hybridized carbons (Fsp3) is 0.632. The lowest BCUT2D eigenvalue weighted by atomic mass is 9.80. The van der Waals surface area contributed by atoms with Crippen molar-refractivity contribution in [3.8, 4) is 0 Å². The first-order valence-corrected chi connectivity index (χ1v) is 9.06. The largest absolute Gasteiger partial charge is 0.368 e. The number of hydrogen-bond donors (Lipinski definition) is 0. The number of carbonyl (C=O) groups excluding carboxylic acids is 1. The van der Waals surface area contributed by atoms with Crippen molar-refractivity contribution in [3.05, 3.63) is 29.8 Å². The van der Waals surface area contributed by atoms with Crippen LogP contribution >= 0.6 is 0 Å². The van der Waals surface area contributed by atoms with E-state index in [0.29, 0.717) is 11.9 Å². The highest BCUT2D eigenvalue weighted by molar-refractivity contribution is 5.82. The molecule has 2 fully saturated rings. The van der Waals surface area contributed by atoms with Gasteiger partial charge in [0.1, 0.15) is 0 Å². The minimum Gasteiger partial charge on any atom is -0.368 e. The number of fused-ring (bicyclic) bond motifs is 3. The molecule has 1 aromatic rings. The van der Waals surface area contributed by atoms with Gasteiger partial charge in [-0.1, -0.05) is 18.2 Å². The number of hydrogen-bond acceptors (Lipinski definition) is 3. The lowest BCUT2D eigenvalue weighted by molar-refractivity contribution is -0.138. The van der Waals surface area contributed by atoms with Crippen LogP contribution in [-0.2, 0) is 11.2 Å². The van der Waals surface area contributed by atoms with E-state index in [0.717, 1.165) is 39.1 Å². The molecule has 2 saturated heterocycles. The Bertz CT molecular complexity index is 580. The van der Waals surface area contributed by atoms with Gasteiger partial charge in [0.25, 0.3) is 0 Å². The summed E-state index contributed by atoms with van der Waals surface area (Å²) in [7, 11) is 2.14. The van der Waals surface area contributed by atoms with Crippen molar-refractivity contribution < 1.29 is 4.79 Å². The van der Waals surface area contributed by atoms with Crippen LogP contribution in [0.4, 0.5) is 5.69 Å². The number of benzene rings is 1. The number of rotatable bonds is 1. The SMILES string of the molecule is CN1CCN(C(=O)C2Cc3ccccc3N3CCCCC23)CC1. The van der Waals surface area contributed by atoms with Crippen molar-refractivity contribution in [3.63, 3.8) is 0 Å². The summed E-state index contributed by atoms with van der Waals surface area (Å²) in [5.41, 5.74) is 2.73. The van der Waals surface area contributed by atoms with Gasteiger partial charge >= 0.3 is 0 Å². The Morgan fingerprint density at radius 3 is 2.65 bits per heavy atom. The summed E-state index contributed by atoms with van der Waals surface area (Å²) < 4.78 is 0. The topological polar surface area (TPSA) is 26.8 Å². The predicted octanol–water partition coefficient (Wildman–Crippen LogP) is 1.99. The molecule has 1 amide bonds. The van der Waals surface area contributed by atoms with Crippen molar-refractivity contribution >= 4 is 11.6 Å². The molecule has 124 valence electrons. The molecule has 2 atom stereocenters. The smallest absolute Gasteiger partial charge is 0.228 e. The normalized spacial score (nSPS) is 28.2. The van der Waals surface area contributed by atoms with E-state index >= 15 is 0 Å². The van der Waals surface area contributed by atoms with Gasteiger partial charge in [0.15, 0.2) is 0 Å². The molecule has 4 heteroatoms. The predicted molar refractivity (Wildman–Crippen MR) is 92.7 cm³/mol. The zero-order chi connectivity index (χ0) is 15.8. The minimum atomic E-state index is 0.147. The van der Waals surface area contributed by atoms with Gasteiger partial charge in [0.05, 0.1) is 5.92 Å². The van der Waals surface area contributed by atoms with Gasteiger partial charge in [-0.25, -0.2) is 0 Å². The van der Waals surface area contributed by atoms with Crippen molar-refractivity contribution in [2.45, 2.75) is 31.7 Å². The van der Waals surface area contributed by atoms with E-state index in [2.05, 4.69) is 46.0 Å². The molecule has 3 aliphatic rings. The number of piperidine rings is 1. The van der Waals surface area contributed by atoms with Crippen molar-refractivity contribution in [2.75, 3.05) is 44.7 Å². The van der Waals surface area contributed by atoms with Crippen LogP contribution in [0.15, 0.2) is 24.3 Å². The fourth-order valence-corrected chi connectivity index (χ4v) is 4.52. The molecule has 4 rings (SSSR count). The van der Waals surface area contributed by atoms with E-state index in [4.69, 9.17) is 0 Å². The van der Waals surface area contributed by atoms with Gasteiger partial charge in [0, 0.05) is 44.5 Å². The second-order valence-electron chi connectivity index (χ2n) is 7.32. The van der Waals surface area contributed by atoms with Crippen LogP contribution in [0.1, 0.15) is 24.8 Å². The Balaban J connectivity index is 1.59. The van der Waals surface area contributed by atoms with Gasteiger partial charge in [0.2, 0.25) is 5.91 Å². The molecule has 23 heavy (non-hydrogen) atoms. The average molecular weight is 313 g/mol. The number of likely N-dealkylation sites (N-methyl/N-ethyl adjacent to an activating group) is 1. The number of piperazine rings is 1. The van der Waals surface area contributed by atoms with Gasteiger partial charge in [-0.15, -0.1) is 0 Å². The van der Waals surface area contributed by atoms with Crippen LogP contribution in [0.25, 0.3) is 0 Å². The summed E-state index contributed by atoms with van der Waals surface area (Å²) in [6.45, 7) is 4.89. The highest BCUT2D eigenvalue weighted by Crippen LogP contribution is 2.39. The van der Waals surface area contributed by atoms with Crippen molar-refractivity contribution in [1.29, 1.82) is 0 Å². The van der Waals surface area contributed by atoms with Crippen LogP contribution in [0, 0.1) is 5.92 Å². The molecule has 2 unspecified atom stereocenters. The molecule has 0 aliphatic carbocycles. The monoisotopic (exact) mass is 313 g/mol. The lowest BCUT2D eigenvalue weighted by Gasteiger charge is -2.47. The van der Waals surface area contributed by atoms with Crippen LogP contribution in [0.2, 0.25) is 0 Å². The van der Waals surface area contributed by atoms with E-state index in [9.17, 15) is 4.79 Å². The summed E-state index contributed by atoms with van der Waals surface area (Å²) >= 11 is 0. The maximum Gasteiger partial charge on any atom is 0.228 e. The molecule has 0 spiro atoms. The van der Waals surface area contributed by atoms with E-state index < -0.39 is 0 Å². The highest BCUT2D eigenvalue weighted by Gasteiger charge is 2.41. The third kappa shape index (κ3) is 2.74. The first-order valence-electron chi connectivity index (χ1n) is 9.06. The molecule has 0 aromatic heterocycles. The number of carbonyl (C=O) groups is 1. The summed E-state index contributed by atoms with van der Waals surface area (Å²) in [5.74, 6) is 0.540. The summed E-state index contributed by atoms with van der Waals surface area (Å²) in [6.07, 6.45) is 4.59. The molecular formula is C19H27N3O. The lowest BCUT2D eigenvalue weighted by Crippen LogP contribution is -2.56. The van der Waals surface area contributed by atoms with E-state index in [1.54, 1.807) is 0 Å². The van der Waals surface area contributed by atoms with Gasteiger partial charge in [-0.2, -0.15) is 0 Å². The van der Waals surface area contributed by atoms with E-state index in [-0.39, 0.29) is 5.92 Å².